The molecule has 0 unspecified atom stereocenters. The van der Waals surface area contributed by atoms with Crippen LogP contribution in [0.5, 0.6) is 0 Å². The lowest BCUT2D eigenvalue weighted by atomic mass is 10.1. The molecule has 1 fully saturated rings. The van der Waals surface area contributed by atoms with Crippen LogP contribution in [0.4, 0.5) is 4.39 Å². The van der Waals surface area contributed by atoms with E-state index >= 15 is 0 Å². The van der Waals surface area contributed by atoms with Crippen LogP contribution in [0.2, 0.25) is 0 Å². The van der Waals surface area contributed by atoms with Gasteiger partial charge in [-0.2, -0.15) is 0 Å². The number of hydrogen-bond acceptors (Lipinski definition) is 0. The molecule has 0 nitrogen and oxygen atoms in total. The smallest absolute Gasteiger partial charge is 0.136 e. The lowest BCUT2D eigenvalue weighted by Crippen LogP contribution is -1.96. The van der Waals surface area contributed by atoms with Gasteiger partial charge < -0.3 is 0 Å². The molecule has 2 rings (SSSR count). The Hall–Kier alpha value is -0.370. The molecule has 0 N–H and O–H groups in total. The average molecular weight is 214 g/mol. The summed E-state index contributed by atoms with van der Waals surface area (Å²) in [5, 5.41) is 0. The van der Waals surface area contributed by atoms with Crippen molar-refractivity contribution in [2.24, 2.45) is 0 Å². The molecular formula is C9H7BrF. The van der Waals surface area contributed by atoms with Gasteiger partial charge >= 0.3 is 0 Å². The van der Waals surface area contributed by atoms with Crippen molar-refractivity contribution in [3.63, 3.8) is 0 Å². The molecule has 0 saturated heterocycles. The molecule has 1 radical (unpaired) electrons. The van der Waals surface area contributed by atoms with Crippen molar-refractivity contribution in [1.29, 1.82) is 0 Å². The summed E-state index contributed by atoms with van der Waals surface area (Å²) in [6.45, 7) is 0. The van der Waals surface area contributed by atoms with Crippen molar-refractivity contribution in [1.82, 2.24) is 0 Å². The third kappa shape index (κ3) is 1.32. The van der Waals surface area contributed by atoms with Gasteiger partial charge in [-0.3, -0.25) is 0 Å². The highest BCUT2D eigenvalue weighted by Crippen LogP contribution is 2.49. The molecule has 57 valence electrons. The molecule has 0 atom stereocenters. The van der Waals surface area contributed by atoms with Crippen molar-refractivity contribution in [3.8, 4) is 0 Å². The highest BCUT2D eigenvalue weighted by atomic mass is 79.9. The van der Waals surface area contributed by atoms with Crippen molar-refractivity contribution in [3.05, 3.63) is 34.3 Å². The summed E-state index contributed by atoms with van der Waals surface area (Å²) in [5.41, 5.74) is -0.271. The standard InChI is InChI=1S/C9H7BrF/c10-8-3-1-2-7(6-8)9(11)4-5-9/h2-3,6H,4-5H2. The first-order valence-corrected chi connectivity index (χ1v) is 4.36. The molecule has 2 heteroatoms. The zero-order valence-electron chi connectivity index (χ0n) is 5.90. The lowest BCUT2D eigenvalue weighted by molar-refractivity contribution is 0.317. The minimum absolute atomic E-state index is 0.664. The second kappa shape index (κ2) is 2.31. The summed E-state index contributed by atoms with van der Waals surface area (Å²) >= 11 is 3.28. The Morgan fingerprint density at radius 1 is 1.45 bits per heavy atom. The fourth-order valence-electron chi connectivity index (χ4n) is 1.10. The molecule has 1 aliphatic rings. The Kier molecular flexibility index (Phi) is 1.53. The van der Waals surface area contributed by atoms with Crippen molar-refractivity contribution in [2.75, 3.05) is 0 Å². The largest absolute Gasteiger partial charge is 0.239 e. The maximum Gasteiger partial charge on any atom is 0.136 e. The Labute approximate surface area is 73.6 Å². The minimum Gasteiger partial charge on any atom is -0.239 e. The monoisotopic (exact) mass is 213 g/mol. The summed E-state index contributed by atoms with van der Waals surface area (Å²) in [6, 6.07) is 8.22. The highest BCUT2D eigenvalue weighted by Gasteiger charge is 2.44. The van der Waals surface area contributed by atoms with E-state index in [1.54, 1.807) is 12.1 Å². The zero-order valence-corrected chi connectivity index (χ0v) is 7.49. The average Bonchev–Trinajstić information content (AvgIpc) is 2.70. The van der Waals surface area contributed by atoms with Gasteiger partial charge in [0.15, 0.2) is 0 Å². The van der Waals surface area contributed by atoms with E-state index in [0.717, 1.165) is 10.0 Å². The maximum absolute atomic E-state index is 13.4. The third-order valence-corrected chi connectivity index (χ3v) is 2.42. The number of halogens is 2. The van der Waals surface area contributed by atoms with Crippen molar-refractivity contribution < 1.29 is 4.39 Å². The molecular weight excluding hydrogens is 207 g/mol. The molecule has 0 amide bonds. The van der Waals surface area contributed by atoms with Crippen LogP contribution >= 0.6 is 15.9 Å². The predicted molar refractivity (Wildman–Crippen MR) is 45.0 cm³/mol. The zero-order chi connectivity index (χ0) is 7.90. The third-order valence-electron chi connectivity index (χ3n) is 1.96. The highest BCUT2D eigenvalue weighted by molar-refractivity contribution is 9.10. The first kappa shape index (κ1) is 7.29. The number of rotatable bonds is 1. The molecule has 0 spiro atoms. The first-order chi connectivity index (χ1) is 5.21. The quantitative estimate of drug-likeness (QED) is 0.673. The molecule has 0 aromatic heterocycles. The second-order valence-electron chi connectivity index (χ2n) is 2.91. The Balaban J connectivity index is 2.38. The van der Waals surface area contributed by atoms with Gasteiger partial charge in [-0.25, -0.2) is 4.39 Å². The van der Waals surface area contributed by atoms with Gasteiger partial charge in [0.25, 0.3) is 0 Å². The van der Waals surface area contributed by atoms with E-state index in [1.165, 1.54) is 0 Å². The van der Waals surface area contributed by atoms with E-state index in [4.69, 9.17) is 0 Å². The molecule has 11 heavy (non-hydrogen) atoms. The number of alkyl halides is 1. The van der Waals surface area contributed by atoms with E-state index in [9.17, 15) is 4.39 Å². The Morgan fingerprint density at radius 2 is 2.18 bits per heavy atom. The van der Waals surface area contributed by atoms with Crippen LogP contribution in [0.1, 0.15) is 18.4 Å². The Morgan fingerprint density at radius 3 is 2.73 bits per heavy atom. The van der Waals surface area contributed by atoms with Gasteiger partial charge in [0, 0.05) is 4.47 Å². The predicted octanol–water partition coefficient (Wildman–Crippen LogP) is 3.21. The topological polar surface area (TPSA) is 0 Å². The summed E-state index contributed by atoms with van der Waals surface area (Å²) < 4.78 is 14.3. The summed E-state index contributed by atoms with van der Waals surface area (Å²) in [7, 11) is 0. The molecule has 0 aliphatic heterocycles. The van der Waals surface area contributed by atoms with Crippen LogP contribution in [-0.4, -0.2) is 0 Å². The Bertz CT molecular complexity index is 279. The molecule has 1 saturated carbocycles. The maximum atomic E-state index is 13.4. The van der Waals surface area contributed by atoms with Gasteiger partial charge in [-0.15, -0.1) is 0 Å². The van der Waals surface area contributed by atoms with Crippen LogP contribution in [0.15, 0.2) is 22.7 Å². The van der Waals surface area contributed by atoms with Gasteiger partial charge in [-0.05, 0) is 42.7 Å². The van der Waals surface area contributed by atoms with Crippen molar-refractivity contribution >= 4 is 15.9 Å². The van der Waals surface area contributed by atoms with E-state index in [0.29, 0.717) is 12.8 Å². The second-order valence-corrected chi connectivity index (χ2v) is 3.82. The molecule has 0 heterocycles. The first-order valence-electron chi connectivity index (χ1n) is 3.57. The fourth-order valence-corrected chi connectivity index (χ4v) is 1.48. The van der Waals surface area contributed by atoms with E-state index in [-0.39, 0.29) is 0 Å². The van der Waals surface area contributed by atoms with Crippen LogP contribution in [-0.2, 0) is 5.67 Å². The van der Waals surface area contributed by atoms with Gasteiger partial charge in [-0.1, -0.05) is 15.9 Å². The molecule has 1 aromatic rings. The van der Waals surface area contributed by atoms with Gasteiger partial charge in [0.1, 0.15) is 5.67 Å². The number of benzene rings is 1. The summed E-state index contributed by atoms with van der Waals surface area (Å²) in [6.07, 6.45) is 1.33. The van der Waals surface area contributed by atoms with E-state index in [2.05, 4.69) is 22.0 Å². The number of hydrogen-bond donors (Lipinski definition) is 0. The molecule has 1 aromatic carbocycles. The SMILES string of the molecule is FC1(c2c[c]cc(Br)c2)CC1. The van der Waals surface area contributed by atoms with Crippen LogP contribution in [0.3, 0.4) is 0 Å². The van der Waals surface area contributed by atoms with Gasteiger partial charge in [0.05, 0.1) is 0 Å². The van der Waals surface area contributed by atoms with E-state index in [1.807, 2.05) is 6.07 Å². The summed E-state index contributed by atoms with van der Waals surface area (Å²) in [4.78, 5) is 0. The lowest BCUT2D eigenvalue weighted by Gasteiger charge is -2.03. The van der Waals surface area contributed by atoms with Gasteiger partial charge in [0.2, 0.25) is 0 Å². The summed E-state index contributed by atoms with van der Waals surface area (Å²) in [5.74, 6) is 0. The normalized spacial score (nSPS) is 19.8. The molecule has 1 aliphatic carbocycles. The van der Waals surface area contributed by atoms with Crippen LogP contribution in [0.25, 0.3) is 0 Å². The minimum atomic E-state index is -1.03. The van der Waals surface area contributed by atoms with Crippen molar-refractivity contribution in [2.45, 2.75) is 18.5 Å². The van der Waals surface area contributed by atoms with Crippen LogP contribution in [0, 0.1) is 6.07 Å². The molecule has 0 bridgehead atoms. The fraction of sp³-hybridized carbons (Fsp3) is 0.333. The van der Waals surface area contributed by atoms with E-state index < -0.39 is 5.67 Å². The van der Waals surface area contributed by atoms with Crippen LogP contribution < -0.4 is 0 Å².